The summed E-state index contributed by atoms with van der Waals surface area (Å²) in [6.45, 7) is 3.73. The summed E-state index contributed by atoms with van der Waals surface area (Å²) < 4.78 is 5.61. The smallest absolute Gasteiger partial charge is 0.261 e. The van der Waals surface area contributed by atoms with Crippen LogP contribution in [-0.4, -0.2) is 22.6 Å². The average Bonchev–Trinajstić information content (AvgIpc) is 3.16. The molecule has 22 heavy (non-hydrogen) atoms. The van der Waals surface area contributed by atoms with Gasteiger partial charge in [0, 0.05) is 17.2 Å². The Morgan fingerprint density at radius 2 is 2.18 bits per heavy atom. The molecule has 1 aromatic carbocycles. The van der Waals surface area contributed by atoms with Crippen LogP contribution in [0.5, 0.6) is 0 Å². The van der Waals surface area contributed by atoms with E-state index in [-0.39, 0.29) is 5.91 Å². The van der Waals surface area contributed by atoms with E-state index in [2.05, 4.69) is 22.6 Å². The number of aryl methyl sites for hydroxylation is 2. The first-order chi connectivity index (χ1) is 10.7. The standard InChI is InChI=1S/C16H18N2O2S2/c1-3-13-14(10(2)20-18-13)15(19)17-12-6-4-5-11(9-12)16-21-7-8-22-16/h4-6,9,16H,3,7-8H2,1-2H3,(H,17,19). The Morgan fingerprint density at radius 3 is 2.91 bits per heavy atom. The first kappa shape index (κ1) is 15.5. The third-order valence-electron chi connectivity index (χ3n) is 3.53. The van der Waals surface area contributed by atoms with Crippen molar-refractivity contribution in [1.29, 1.82) is 0 Å². The lowest BCUT2D eigenvalue weighted by Crippen LogP contribution is -2.14. The fourth-order valence-corrected chi connectivity index (χ4v) is 5.30. The van der Waals surface area contributed by atoms with Gasteiger partial charge < -0.3 is 9.84 Å². The maximum atomic E-state index is 12.5. The Balaban J connectivity index is 1.79. The third-order valence-corrected chi connectivity index (χ3v) is 6.64. The van der Waals surface area contributed by atoms with Gasteiger partial charge in [0.1, 0.15) is 11.3 Å². The zero-order valence-corrected chi connectivity index (χ0v) is 14.2. The Hall–Kier alpha value is -1.40. The number of hydrogen-bond donors (Lipinski definition) is 1. The van der Waals surface area contributed by atoms with Crippen LogP contribution in [0.25, 0.3) is 0 Å². The quantitative estimate of drug-likeness (QED) is 0.904. The number of nitrogens with one attached hydrogen (secondary N) is 1. The fourth-order valence-electron chi connectivity index (χ4n) is 2.46. The minimum Gasteiger partial charge on any atom is -0.361 e. The number of amides is 1. The molecule has 0 bridgehead atoms. The van der Waals surface area contributed by atoms with Gasteiger partial charge in [-0.1, -0.05) is 24.2 Å². The fraction of sp³-hybridized carbons (Fsp3) is 0.375. The van der Waals surface area contributed by atoms with Gasteiger partial charge in [0.05, 0.1) is 10.3 Å². The molecule has 0 unspecified atom stereocenters. The number of thioether (sulfide) groups is 2. The minimum atomic E-state index is -0.153. The Labute approximate surface area is 138 Å². The molecule has 1 aromatic heterocycles. The van der Waals surface area contributed by atoms with E-state index in [1.807, 2.05) is 42.6 Å². The summed E-state index contributed by atoms with van der Waals surface area (Å²) in [6, 6.07) is 8.09. The van der Waals surface area contributed by atoms with Gasteiger partial charge >= 0.3 is 0 Å². The molecule has 4 nitrogen and oxygen atoms in total. The second-order valence-electron chi connectivity index (χ2n) is 5.07. The molecule has 0 spiro atoms. The lowest BCUT2D eigenvalue weighted by Gasteiger charge is -2.11. The highest BCUT2D eigenvalue weighted by Gasteiger charge is 2.21. The van der Waals surface area contributed by atoms with Crippen molar-refractivity contribution in [1.82, 2.24) is 5.16 Å². The van der Waals surface area contributed by atoms with Gasteiger partial charge in [-0.2, -0.15) is 0 Å². The van der Waals surface area contributed by atoms with Gasteiger partial charge in [0.15, 0.2) is 0 Å². The van der Waals surface area contributed by atoms with E-state index in [1.54, 1.807) is 6.92 Å². The SMILES string of the molecule is CCc1noc(C)c1C(=O)Nc1cccc(C2SCCS2)c1. The lowest BCUT2D eigenvalue weighted by atomic mass is 10.1. The number of benzene rings is 1. The van der Waals surface area contributed by atoms with Crippen LogP contribution >= 0.6 is 23.5 Å². The highest BCUT2D eigenvalue weighted by atomic mass is 32.2. The largest absolute Gasteiger partial charge is 0.361 e. The molecule has 2 heterocycles. The summed E-state index contributed by atoms with van der Waals surface area (Å²) in [5.74, 6) is 2.78. The number of aromatic nitrogens is 1. The zero-order chi connectivity index (χ0) is 15.5. The molecule has 1 amide bonds. The summed E-state index contributed by atoms with van der Waals surface area (Å²) in [5.41, 5.74) is 3.33. The van der Waals surface area contributed by atoms with Gasteiger partial charge in [-0.3, -0.25) is 4.79 Å². The Morgan fingerprint density at radius 1 is 1.41 bits per heavy atom. The van der Waals surface area contributed by atoms with E-state index in [0.29, 0.717) is 28.0 Å². The average molecular weight is 334 g/mol. The van der Waals surface area contributed by atoms with Crippen LogP contribution in [0.1, 0.15) is 38.9 Å². The molecule has 0 aliphatic carbocycles. The minimum absolute atomic E-state index is 0.153. The number of carbonyl (C=O) groups excluding carboxylic acids is 1. The lowest BCUT2D eigenvalue weighted by molar-refractivity contribution is 0.102. The van der Waals surface area contributed by atoms with E-state index in [1.165, 1.54) is 17.1 Å². The van der Waals surface area contributed by atoms with E-state index in [9.17, 15) is 4.79 Å². The highest BCUT2D eigenvalue weighted by Crippen LogP contribution is 2.45. The van der Waals surface area contributed by atoms with Crippen LogP contribution in [0, 0.1) is 6.92 Å². The van der Waals surface area contributed by atoms with Crippen molar-refractivity contribution < 1.29 is 9.32 Å². The van der Waals surface area contributed by atoms with Crippen molar-refractivity contribution in [3.8, 4) is 0 Å². The summed E-state index contributed by atoms with van der Waals surface area (Å²) >= 11 is 3.91. The second kappa shape index (κ2) is 6.79. The molecule has 1 fully saturated rings. The summed E-state index contributed by atoms with van der Waals surface area (Å²) in [6.07, 6.45) is 0.676. The van der Waals surface area contributed by atoms with Crippen molar-refractivity contribution in [2.45, 2.75) is 24.9 Å². The molecule has 6 heteroatoms. The van der Waals surface area contributed by atoms with Crippen LogP contribution in [0.15, 0.2) is 28.8 Å². The monoisotopic (exact) mass is 334 g/mol. The number of carbonyl (C=O) groups is 1. The molecule has 116 valence electrons. The maximum absolute atomic E-state index is 12.5. The second-order valence-corrected chi connectivity index (χ2v) is 7.79. The molecule has 1 aliphatic heterocycles. The topological polar surface area (TPSA) is 55.1 Å². The summed E-state index contributed by atoms with van der Waals surface area (Å²) in [5, 5.41) is 6.90. The van der Waals surface area contributed by atoms with Gasteiger partial charge in [-0.25, -0.2) is 0 Å². The molecular formula is C16H18N2O2S2. The van der Waals surface area contributed by atoms with Crippen LogP contribution < -0.4 is 5.32 Å². The molecule has 0 saturated carbocycles. The van der Waals surface area contributed by atoms with Gasteiger partial charge in [0.25, 0.3) is 5.91 Å². The normalized spacial score (nSPS) is 15.2. The predicted molar refractivity (Wildman–Crippen MR) is 92.7 cm³/mol. The highest BCUT2D eigenvalue weighted by molar-refractivity contribution is 8.19. The Kier molecular flexibility index (Phi) is 4.78. The van der Waals surface area contributed by atoms with E-state index >= 15 is 0 Å². The van der Waals surface area contributed by atoms with Crippen molar-refractivity contribution in [2.24, 2.45) is 0 Å². The molecule has 0 radical (unpaired) electrons. The first-order valence-corrected chi connectivity index (χ1v) is 9.38. The molecule has 2 aromatic rings. The zero-order valence-electron chi connectivity index (χ0n) is 12.6. The molecular weight excluding hydrogens is 316 g/mol. The molecule has 0 atom stereocenters. The molecule has 3 rings (SSSR count). The van der Waals surface area contributed by atoms with Crippen LogP contribution in [0.4, 0.5) is 5.69 Å². The van der Waals surface area contributed by atoms with Crippen molar-refractivity contribution >= 4 is 35.1 Å². The number of anilines is 1. The van der Waals surface area contributed by atoms with Gasteiger partial charge in [-0.15, -0.1) is 23.5 Å². The van der Waals surface area contributed by atoms with Crippen LogP contribution in [0.2, 0.25) is 0 Å². The van der Waals surface area contributed by atoms with Gasteiger partial charge in [0.2, 0.25) is 0 Å². The maximum Gasteiger partial charge on any atom is 0.261 e. The van der Waals surface area contributed by atoms with E-state index in [4.69, 9.17) is 4.52 Å². The summed E-state index contributed by atoms with van der Waals surface area (Å²) in [7, 11) is 0. The third kappa shape index (κ3) is 3.17. The van der Waals surface area contributed by atoms with Crippen molar-refractivity contribution in [2.75, 3.05) is 16.8 Å². The molecule has 1 saturated heterocycles. The number of rotatable bonds is 4. The van der Waals surface area contributed by atoms with Crippen LogP contribution in [-0.2, 0) is 6.42 Å². The molecule has 1 aliphatic rings. The van der Waals surface area contributed by atoms with Gasteiger partial charge in [-0.05, 0) is 31.0 Å². The summed E-state index contributed by atoms with van der Waals surface area (Å²) in [4.78, 5) is 12.5. The van der Waals surface area contributed by atoms with E-state index < -0.39 is 0 Å². The van der Waals surface area contributed by atoms with Crippen LogP contribution in [0.3, 0.4) is 0 Å². The first-order valence-electron chi connectivity index (χ1n) is 7.28. The predicted octanol–water partition coefficient (Wildman–Crippen LogP) is 4.28. The molecule has 1 N–H and O–H groups in total. The number of nitrogens with zero attached hydrogens (tertiary/aromatic N) is 1. The van der Waals surface area contributed by atoms with E-state index in [0.717, 1.165) is 5.69 Å². The van der Waals surface area contributed by atoms with Crippen molar-refractivity contribution in [3.05, 3.63) is 46.8 Å². The number of hydrogen-bond acceptors (Lipinski definition) is 5. The van der Waals surface area contributed by atoms with Crippen molar-refractivity contribution in [3.63, 3.8) is 0 Å². The Bertz CT molecular complexity index is 679.